The summed E-state index contributed by atoms with van der Waals surface area (Å²) < 4.78 is 13.6. The first-order valence-electron chi connectivity index (χ1n) is 7.16. The van der Waals surface area contributed by atoms with Gasteiger partial charge in [-0.3, -0.25) is 0 Å². The van der Waals surface area contributed by atoms with E-state index in [2.05, 4.69) is 29.3 Å². The fourth-order valence-corrected chi connectivity index (χ4v) is 1.97. The van der Waals surface area contributed by atoms with Gasteiger partial charge in [-0.05, 0) is 41.2 Å². The summed E-state index contributed by atoms with van der Waals surface area (Å²) in [6.07, 6.45) is 4.95. The summed E-state index contributed by atoms with van der Waals surface area (Å²) in [5, 5.41) is 7.94. The summed E-state index contributed by atoms with van der Waals surface area (Å²) in [6, 6.07) is 13.3. The number of rotatable bonds is 5. The average Bonchev–Trinajstić information content (AvgIpc) is 2.52. The van der Waals surface area contributed by atoms with Crippen molar-refractivity contribution in [2.75, 3.05) is 0 Å². The van der Waals surface area contributed by atoms with Gasteiger partial charge in [-0.25, -0.2) is 4.39 Å². The van der Waals surface area contributed by atoms with Crippen LogP contribution >= 0.6 is 0 Å². The molecule has 2 rings (SSSR count). The van der Waals surface area contributed by atoms with Crippen LogP contribution < -0.4 is 0 Å². The molecule has 0 bridgehead atoms. The number of halogens is 1. The van der Waals surface area contributed by atoms with Crippen LogP contribution in [0.3, 0.4) is 0 Å². The number of benzene rings is 2. The molecule has 0 aliphatic rings. The van der Waals surface area contributed by atoms with Gasteiger partial charge in [-0.1, -0.05) is 50.2 Å². The zero-order valence-electron chi connectivity index (χ0n) is 12.4. The van der Waals surface area contributed by atoms with E-state index in [9.17, 15) is 4.39 Å². The van der Waals surface area contributed by atoms with Gasteiger partial charge in [-0.2, -0.15) is 10.2 Å². The van der Waals surface area contributed by atoms with E-state index in [4.69, 9.17) is 0 Å². The fourth-order valence-electron chi connectivity index (χ4n) is 1.97. The van der Waals surface area contributed by atoms with Gasteiger partial charge < -0.3 is 0 Å². The lowest BCUT2D eigenvalue weighted by Crippen LogP contribution is -1.90. The van der Waals surface area contributed by atoms with Crippen molar-refractivity contribution in [3.05, 3.63) is 70.5 Å². The monoisotopic (exact) mass is 282 g/mol. The van der Waals surface area contributed by atoms with Crippen LogP contribution in [0.5, 0.6) is 0 Å². The molecular formula is C18H19FN2. The molecule has 0 unspecified atom stereocenters. The van der Waals surface area contributed by atoms with Crippen LogP contribution in [0.15, 0.2) is 52.7 Å². The molecule has 0 radical (unpaired) electrons. The second-order valence-corrected chi connectivity index (χ2v) is 4.79. The molecule has 0 spiro atoms. The largest absolute Gasteiger partial charge is 0.207 e. The molecule has 0 fully saturated rings. The van der Waals surface area contributed by atoms with Crippen molar-refractivity contribution in [2.45, 2.75) is 26.7 Å². The van der Waals surface area contributed by atoms with Gasteiger partial charge in [0, 0.05) is 0 Å². The first kappa shape index (κ1) is 15.1. The van der Waals surface area contributed by atoms with Crippen LogP contribution in [0.4, 0.5) is 4.39 Å². The molecule has 0 amide bonds. The van der Waals surface area contributed by atoms with Crippen LogP contribution in [0.25, 0.3) is 0 Å². The number of aryl methyl sites for hydroxylation is 2. The van der Waals surface area contributed by atoms with E-state index in [1.165, 1.54) is 11.6 Å². The van der Waals surface area contributed by atoms with Crippen molar-refractivity contribution in [1.82, 2.24) is 0 Å². The minimum Gasteiger partial charge on any atom is -0.207 e. The van der Waals surface area contributed by atoms with Crippen molar-refractivity contribution in [3.8, 4) is 0 Å². The molecule has 2 aromatic rings. The maximum Gasteiger partial charge on any atom is 0.127 e. The molecule has 2 nitrogen and oxygen atoms in total. The summed E-state index contributed by atoms with van der Waals surface area (Å²) in [4.78, 5) is 0. The normalized spacial score (nSPS) is 11.6. The molecular weight excluding hydrogens is 263 g/mol. The summed E-state index contributed by atoms with van der Waals surface area (Å²) in [5.41, 5.74) is 3.72. The molecule has 0 saturated carbocycles. The minimum absolute atomic E-state index is 0.194. The van der Waals surface area contributed by atoms with E-state index >= 15 is 0 Å². The van der Waals surface area contributed by atoms with E-state index in [0.29, 0.717) is 17.5 Å². The maximum absolute atomic E-state index is 13.6. The summed E-state index contributed by atoms with van der Waals surface area (Å²) in [7, 11) is 0. The van der Waals surface area contributed by atoms with Gasteiger partial charge in [0.25, 0.3) is 0 Å². The Morgan fingerprint density at radius 3 is 2.05 bits per heavy atom. The zero-order chi connectivity index (χ0) is 15.1. The molecule has 0 aromatic heterocycles. The Labute approximate surface area is 125 Å². The van der Waals surface area contributed by atoms with E-state index < -0.39 is 0 Å². The number of hydrogen-bond acceptors (Lipinski definition) is 2. The van der Waals surface area contributed by atoms with Crippen LogP contribution in [0.2, 0.25) is 0 Å². The maximum atomic E-state index is 13.6. The lowest BCUT2D eigenvalue weighted by Gasteiger charge is -1.99. The molecule has 108 valence electrons. The standard InChI is InChI=1S/C18H19FN2/c1-3-14-5-7-15(8-6-14)12-20-21-13-16-9-10-17(4-2)18(19)11-16/h5-13H,3-4H2,1-2H3. The molecule has 0 atom stereocenters. The highest BCUT2D eigenvalue weighted by Crippen LogP contribution is 2.09. The van der Waals surface area contributed by atoms with Gasteiger partial charge in [0.1, 0.15) is 5.82 Å². The smallest absolute Gasteiger partial charge is 0.127 e. The lowest BCUT2D eigenvalue weighted by atomic mass is 10.1. The predicted octanol–water partition coefficient (Wildman–Crippen LogP) is 4.40. The molecule has 0 aliphatic heterocycles. The van der Waals surface area contributed by atoms with Crippen molar-refractivity contribution in [1.29, 1.82) is 0 Å². The molecule has 0 heterocycles. The van der Waals surface area contributed by atoms with E-state index in [-0.39, 0.29) is 5.82 Å². The van der Waals surface area contributed by atoms with Crippen LogP contribution in [-0.2, 0) is 12.8 Å². The molecule has 0 aliphatic carbocycles. The van der Waals surface area contributed by atoms with Gasteiger partial charge in [-0.15, -0.1) is 0 Å². The first-order chi connectivity index (χ1) is 10.2. The number of hydrogen-bond donors (Lipinski definition) is 0. The third-order valence-electron chi connectivity index (χ3n) is 3.33. The van der Waals surface area contributed by atoms with E-state index in [1.807, 2.05) is 25.1 Å². The molecule has 21 heavy (non-hydrogen) atoms. The van der Waals surface area contributed by atoms with Gasteiger partial charge in [0.05, 0.1) is 12.4 Å². The SMILES string of the molecule is CCc1ccc(C=NN=Cc2ccc(CC)c(F)c2)cc1. The highest BCUT2D eigenvalue weighted by molar-refractivity contribution is 5.82. The van der Waals surface area contributed by atoms with Crippen molar-refractivity contribution >= 4 is 12.4 Å². The minimum atomic E-state index is -0.194. The Morgan fingerprint density at radius 1 is 0.857 bits per heavy atom. The second kappa shape index (κ2) is 7.48. The second-order valence-electron chi connectivity index (χ2n) is 4.79. The Balaban J connectivity index is 2.00. The average molecular weight is 282 g/mol. The highest BCUT2D eigenvalue weighted by Gasteiger charge is 1.99. The van der Waals surface area contributed by atoms with Crippen molar-refractivity contribution in [2.24, 2.45) is 10.2 Å². The highest BCUT2D eigenvalue weighted by atomic mass is 19.1. The van der Waals surface area contributed by atoms with Gasteiger partial charge in [0.2, 0.25) is 0 Å². The first-order valence-corrected chi connectivity index (χ1v) is 7.16. The Bertz CT molecular complexity index is 643. The van der Waals surface area contributed by atoms with Gasteiger partial charge >= 0.3 is 0 Å². The molecule has 2 aromatic carbocycles. The van der Waals surface area contributed by atoms with Crippen molar-refractivity contribution in [3.63, 3.8) is 0 Å². The van der Waals surface area contributed by atoms with Gasteiger partial charge in [0.15, 0.2) is 0 Å². The molecule has 0 N–H and O–H groups in total. The fraction of sp³-hybridized carbons (Fsp3) is 0.222. The van der Waals surface area contributed by atoms with E-state index in [0.717, 1.165) is 12.0 Å². The number of nitrogens with zero attached hydrogens (tertiary/aromatic N) is 2. The topological polar surface area (TPSA) is 24.7 Å². The lowest BCUT2D eigenvalue weighted by molar-refractivity contribution is 0.612. The summed E-state index contributed by atoms with van der Waals surface area (Å²) in [5.74, 6) is -0.194. The molecule has 0 saturated heterocycles. The van der Waals surface area contributed by atoms with Crippen LogP contribution in [0, 0.1) is 5.82 Å². The third kappa shape index (κ3) is 4.35. The predicted molar refractivity (Wildman–Crippen MR) is 86.8 cm³/mol. The van der Waals surface area contributed by atoms with Crippen LogP contribution in [-0.4, -0.2) is 12.4 Å². The quantitative estimate of drug-likeness (QED) is 0.573. The summed E-state index contributed by atoms with van der Waals surface area (Å²) >= 11 is 0. The zero-order valence-corrected chi connectivity index (χ0v) is 12.4. The van der Waals surface area contributed by atoms with Crippen LogP contribution in [0.1, 0.15) is 36.1 Å². The Morgan fingerprint density at radius 2 is 1.48 bits per heavy atom. The third-order valence-corrected chi connectivity index (χ3v) is 3.33. The van der Waals surface area contributed by atoms with E-state index in [1.54, 1.807) is 18.5 Å². The Kier molecular flexibility index (Phi) is 5.38. The summed E-state index contributed by atoms with van der Waals surface area (Å²) in [6.45, 7) is 4.05. The molecule has 3 heteroatoms. The van der Waals surface area contributed by atoms with Crippen molar-refractivity contribution < 1.29 is 4.39 Å². The Hall–Kier alpha value is -2.29.